The van der Waals surface area contributed by atoms with E-state index in [1.54, 1.807) is 32.4 Å². The van der Waals surface area contributed by atoms with Gasteiger partial charge < -0.3 is 41.0 Å². The SMILES string of the molecule is CC[C@H](C)C([C@@H](CC(=O)N1CCC[C@H]1[C@H](OC)[C@@H](C)C(=O)N[C@@H](Cc1cccc(N)c1)c1nccs1)OC)N(C)C(=O)[C@@H](NC(=O)[C@H]1NC2CCC1[C@@H]2C)C(C)C. The zero-order valence-electron chi connectivity index (χ0n) is 35.4. The summed E-state index contributed by atoms with van der Waals surface area (Å²) in [5.41, 5.74) is 7.70. The Labute approximate surface area is 343 Å². The first-order chi connectivity index (χ1) is 27.2. The summed E-state index contributed by atoms with van der Waals surface area (Å²) in [6, 6.07) is 5.84. The van der Waals surface area contributed by atoms with E-state index in [0.717, 1.165) is 36.3 Å². The Morgan fingerprint density at radius 3 is 2.42 bits per heavy atom. The molecule has 1 aliphatic carbocycles. The van der Waals surface area contributed by atoms with Gasteiger partial charge in [-0.3, -0.25) is 19.2 Å². The van der Waals surface area contributed by atoms with Gasteiger partial charge in [0.2, 0.25) is 23.6 Å². The Hall–Kier alpha value is -3.59. The van der Waals surface area contributed by atoms with E-state index in [9.17, 15) is 19.2 Å². The third-order valence-electron chi connectivity index (χ3n) is 13.2. The van der Waals surface area contributed by atoms with E-state index in [1.807, 2.05) is 55.3 Å². The van der Waals surface area contributed by atoms with Crippen LogP contribution in [0, 0.1) is 29.6 Å². The second-order valence-corrected chi connectivity index (χ2v) is 18.0. The van der Waals surface area contributed by atoms with Gasteiger partial charge in [-0.15, -0.1) is 11.3 Å². The number of nitrogens with one attached hydrogen (secondary N) is 3. The van der Waals surface area contributed by atoms with E-state index in [4.69, 9.17) is 15.2 Å². The highest BCUT2D eigenvalue weighted by molar-refractivity contribution is 7.09. The summed E-state index contributed by atoms with van der Waals surface area (Å²) >= 11 is 1.48. The molecule has 4 amide bonds. The largest absolute Gasteiger partial charge is 0.399 e. The van der Waals surface area contributed by atoms with Crippen molar-refractivity contribution in [2.45, 2.75) is 135 Å². The van der Waals surface area contributed by atoms with Crippen LogP contribution < -0.4 is 21.7 Å². The molecule has 2 saturated heterocycles. The highest BCUT2D eigenvalue weighted by Crippen LogP contribution is 2.40. The maximum atomic E-state index is 14.3. The number of likely N-dealkylation sites (tertiary alicyclic amines) is 1. The van der Waals surface area contributed by atoms with Crippen molar-refractivity contribution in [3.8, 4) is 0 Å². The number of rotatable bonds is 19. The molecular weight excluding hydrogens is 743 g/mol. The minimum absolute atomic E-state index is 0.00350. The van der Waals surface area contributed by atoms with Crippen LogP contribution in [0.2, 0.25) is 0 Å². The van der Waals surface area contributed by atoms with Crippen molar-refractivity contribution < 1.29 is 28.7 Å². The Bertz CT molecular complexity index is 1660. The lowest BCUT2D eigenvalue weighted by Crippen LogP contribution is -2.59. The molecule has 3 aliphatic rings. The number of nitrogens with zero attached hydrogens (tertiary/aromatic N) is 3. The lowest BCUT2D eigenvalue weighted by atomic mass is 9.89. The number of hydrogen-bond donors (Lipinski definition) is 4. The minimum Gasteiger partial charge on any atom is -0.399 e. The Morgan fingerprint density at radius 2 is 1.84 bits per heavy atom. The second-order valence-electron chi connectivity index (χ2n) is 17.1. The van der Waals surface area contributed by atoms with Crippen LogP contribution in [0.5, 0.6) is 0 Å². The molecule has 3 unspecified atom stereocenters. The molecule has 3 heterocycles. The number of carbonyl (C=O) groups excluding carboxylic acids is 4. The van der Waals surface area contributed by atoms with Gasteiger partial charge in [0.1, 0.15) is 11.0 Å². The van der Waals surface area contributed by atoms with E-state index in [1.165, 1.54) is 11.3 Å². The standard InChI is InChI=1S/C43H67N7O6S/c1-10-25(4)38(49(7)43(54)36(24(2)3)48-41(53)37-30-16-17-31(46-37)26(30)5)34(55-8)23-35(51)50-19-12-15-33(50)39(56-9)27(6)40(52)47-32(42-45-18-20-57-42)22-28-13-11-14-29(44)21-28/h11,13-14,18,20-21,24-27,30-34,36-39,46H,10,12,15-17,19,22-23,44H2,1-9H3,(H,47,52)(H,48,53)/t25-,26-,27+,30?,31?,32-,33-,34+,36-,37-,38?,39+/m0/s1. The third kappa shape index (κ3) is 10.2. The van der Waals surface area contributed by atoms with Gasteiger partial charge in [-0.25, -0.2) is 4.98 Å². The van der Waals surface area contributed by atoms with Gasteiger partial charge in [0.05, 0.1) is 48.7 Å². The average molecular weight is 810 g/mol. The van der Waals surface area contributed by atoms with E-state index >= 15 is 0 Å². The number of nitrogen functional groups attached to an aromatic ring is 1. The van der Waals surface area contributed by atoms with Gasteiger partial charge >= 0.3 is 0 Å². The normalized spacial score (nSPS) is 25.4. The van der Waals surface area contributed by atoms with Crippen LogP contribution in [0.4, 0.5) is 5.69 Å². The molecule has 0 spiro atoms. The number of carbonyl (C=O) groups is 4. The second kappa shape index (κ2) is 19.9. The number of methoxy groups -OCH3 is 2. The number of thiazole rings is 1. The molecule has 12 atom stereocenters. The summed E-state index contributed by atoms with van der Waals surface area (Å²) in [6.07, 6.45) is 5.47. The number of anilines is 1. The number of likely N-dealkylation sites (N-methyl/N-ethyl adjacent to an activating group) is 1. The molecule has 2 bridgehead atoms. The van der Waals surface area contributed by atoms with Crippen molar-refractivity contribution in [2.24, 2.45) is 29.6 Å². The molecule has 5 rings (SSSR count). The summed E-state index contributed by atoms with van der Waals surface area (Å²) < 4.78 is 12.1. The molecule has 5 N–H and O–H groups in total. The van der Waals surface area contributed by atoms with E-state index in [0.29, 0.717) is 37.0 Å². The molecular formula is C43H67N7O6S. The number of benzene rings is 1. The molecule has 0 radical (unpaired) electrons. The molecule has 1 saturated carbocycles. The number of ether oxygens (including phenoxy) is 2. The van der Waals surface area contributed by atoms with Gasteiger partial charge in [-0.2, -0.15) is 0 Å². The number of amides is 4. The molecule has 3 fully saturated rings. The van der Waals surface area contributed by atoms with Crippen LogP contribution in [0.1, 0.15) is 96.7 Å². The summed E-state index contributed by atoms with van der Waals surface area (Å²) in [5.74, 6) is -0.628. The van der Waals surface area contributed by atoms with Crippen LogP contribution >= 0.6 is 11.3 Å². The number of hydrogen-bond acceptors (Lipinski definition) is 10. The van der Waals surface area contributed by atoms with Gasteiger partial charge in [-0.1, -0.05) is 60.1 Å². The molecule has 14 heteroatoms. The average Bonchev–Trinajstić information content (AvgIpc) is 4.02. The van der Waals surface area contributed by atoms with Crippen molar-refractivity contribution in [2.75, 3.05) is 33.5 Å². The van der Waals surface area contributed by atoms with Crippen LogP contribution in [-0.4, -0.2) is 109 Å². The molecule has 316 valence electrons. The minimum atomic E-state index is -0.724. The quantitative estimate of drug-likeness (QED) is 0.149. The molecule has 1 aromatic carbocycles. The van der Waals surface area contributed by atoms with Gasteiger partial charge in [0.25, 0.3) is 0 Å². The molecule has 2 aromatic rings. The summed E-state index contributed by atoms with van der Waals surface area (Å²) in [5, 5.41) is 12.5. The molecule has 1 aromatic heterocycles. The topological polar surface area (TPSA) is 168 Å². The summed E-state index contributed by atoms with van der Waals surface area (Å²) in [7, 11) is 4.94. The van der Waals surface area contributed by atoms with Gasteiger partial charge in [0.15, 0.2) is 0 Å². The van der Waals surface area contributed by atoms with Crippen molar-refractivity contribution >= 4 is 40.7 Å². The number of nitrogens with two attached hydrogens (primary N) is 1. The number of fused-ring (bicyclic) bond motifs is 2. The monoisotopic (exact) mass is 809 g/mol. The molecule has 2 aliphatic heterocycles. The lowest BCUT2D eigenvalue weighted by Gasteiger charge is -2.41. The van der Waals surface area contributed by atoms with E-state index < -0.39 is 30.2 Å². The van der Waals surface area contributed by atoms with Crippen LogP contribution in [0.3, 0.4) is 0 Å². The number of piperidine rings is 1. The zero-order valence-corrected chi connectivity index (χ0v) is 36.2. The van der Waals surface area contributed by atoms with Crippen LogP contribution in [-0.2, 0) is 35.1 Å². The predicted molar refractivity (Wildman–Crippen MR) is 223 cm³/mol. The van der Waals surface area contributed by atoms with Crippen LogP contribution in [0.15, 0.2) is 35.8 Å². The summed E-state index contributed by atoms with van der Waals surface area (Å²) in [4.78, 5) is 64.3. The van der Waals surface area contributed by atoms with Crippen molar-refractivity contribution in [3.63, 3.8) is 0 Å². The highest BCUT2D eigenvalue weighted by atomic mass is 32.1. The number of aromatic nitrogens is 1. The maximum absolute atomic E-state index is 14.3. The molecule has 57 heavy (non-hydrogen) atoms. The first kappa shape index (κ1) is 44.5. The van der Waals surface area contributed by atoms with E-state index in [-0.39, 0.29) is 65.9 Å². The fourth-order valence-corrected chi connectivity index (χ4v) is 10.4. The first-order valence-electron chi connectivity index (χ1n) is 20.9. The summed E-state index contributed by atoms with van der Waals surface area (Å²) in [6.45, 7) is 12.6. The first-order valence-corrected chi connectivity index (χ1v) is 21.8. The lowest BCUT2D eigenvalue weighted by molar-refractivity contribution is -0.147. The Morgan fingerprint density at radius 1 is 1.09 bits per heavy atom. The van der Waals surface area contributed by atoms with Crippen molar-refractivity contribution in [3.05, 3.63) is 46.4 Å². The van der Waals surface area contributed by atoms with Crippen molar-refractivity contribution in [1.82, 2.24) is 30.7 Å². The molecule has 13 nitrogen and oxygen atoms in total. The van der Waals surface area contributed by atoms with Crippen molar-refractivity contribution in [1.29, 1.82) is 0 Å². The third-order valence-corrected chi connectivity index (χ3v) is 14.1. The Balaban J connectivity index is 1.27. The zero-order chi connectivity index (χ0) is 41.6. The maximum Gasteiger partial charge on any atom is 0.245 e. The van der Waals surface area contributed by atoms with E-state index in [2.05, 4.69) is 41.7 Å². The van der Waals surface area contributed by atoms with Gasteiger partial charge in [0, 0.05) is 51.1 Å². The van der Waals surface area contributed by atoms with Crippen LogP contribution in [0.25, 0.3) is 0 Å². The fraction of sp³-hybridized carbons (Fsp3) is 0.698. The fourth-order valence-electron chi connectivity index (χ4n) is 9.67. The Kier molecular flexibility index (Phi) is 15.5. The predicted octanol–water partition coefficient (Wildman–Crippen LogP) is 4.57. The smallest absolute Gasteiger partial charge is 0.245 e. The van der Waals surface area contributed by atoms with Gasteiger partial charge in [-0.05, 0) is 73.5 Å². The highest BCUT2D eigenvalue weighted by Gasteiger charge is 2.49.